The lowest BCUT2D eigenvalue weighted by molar-refractivity contribution is -0.252. The summed E-state index contributed by atoms with van der Waals surface area (Å²) in [6.45, 7) is 4.02. The molecule has 0 spiro atoms. The second-order valence-corrected chi connectivity index (χ2v) is 9.38. The Morgan fingerprint density at radius 1 is 0.657 bits per heavy atom. The van der Waals surface area contributed by atoms with Gasteiger partial charge in [0.15, 0.2) is 0 Å². The van der Waals surface area contributed by atoms with Crippen LogP contribution in [0, 0.1) is 0 Å². The topological polar surface area (TPSA) is 46.2 Å². The van der Waals surface area contributed by atoms with E-state index >= 15 is 0 Å². The molecule has 5 nitrogen and oxygen atoms in total. The second-order valence-electron chi connectivity index (χ2n) is 9.38. The van der Waals surface area contributed by atoms with E-state index in [1.807, 2.05) is 54.6 Å². The van der Waals surface area contributed by atoms with Crippen molar-refractivity contribution in [1.29, 1.82) is 0 Å². The molecule has 2 aliphatic rings. The Morgan fingerprint density at radius 2 is 1.17 bits per heavy atom. The summed E-state index contributed by atoms with van der Waals surface area (Å²) >= 11 is 0. The molecule has 0 amide bonds. The fourth-order valence-corrected chi connectivity index (χ4v) is 4.92. The first kappa shape index (κ1) is 24.2. The highest BCUT2D eigenvalue weighted by molar-refractivity contribution is 5.15. The summed E-state index contributed by atoms with van der Waals surface area (Å²) in [5.41, 5.74) is 3.37. The predicted octanol–water partition coefficient (Wildman–Crippen LogP) is 5.32. The zero-order chi connectivity index (χ0) is 23.9. The summed E-state index contributed by atoms with van der Waals surface area (Å²) in [5.74, 6) is 0. The summed E-state index contributed by atoms with van der Waals surface area (Å²) in [6.07, 6.45) is -0.0668. The Kier molecular flexibility index (Phi) is 8.24. The van der Waals surface area contributed by atoms with E-state index in [4.69, 9.17) is 23.7 Å². The van der Waals surface area contributed by atoms with Gasteiger partial charge in [-0.25, -0.2) is 0 Å². The Hall–Kier alpha value is -2.54. The fourth-order valence-electron chi connectivity index (χ4n) is 4.92. The maximum Gasteiger partial charge on any atom is 0.115 e. The highest BCUT2D eigenvalue weighted by Gasteiger charge is 2.51. The van der Waals surface area contributed by atoms with Crippen molar-refractivity contribution in [1.82, 2.24) is 0 Å². The standard InChI is InChI=1S/C30H34O5/c1-22-17-26-29(34-22)30(33-20-25-15-9-4-10-16-25)28(32-19-24-13-7-3-8-14-24)27(35-26)21-31-18-23-11-5-2-6-12-23/h2-16,22,26-30H,17-21H2,1H3/t22-,26+,27+,28+,29-,30-/m0/s1. The summed E-state index contributed by atoms with van der Waals surface area (Å²) in [6, 6.07) is 30.6. The first-order chi connectivity index (χ1) is 17.3. The normalized spacial score (nSPS) is 28.0. The number of hydrogen-bond donors (Lipinski definition) is 0. The Labute approximate surface area is 207 Å². The van der Waals surface area contributed by atoms with Gasteiger partial charge in [-0.05, 0) is 23.6 Å². The van der Waals surface area contributed by atoms with Gasteiger partial charge in [0.2, 0.25) is 0 Å². The van der Waals surface area contributed by atoms with Crippen LogP contribution in [0.3, 0.4) is 0 Å². The molecule has 0 unspecified atom stereocenters. The van der Waals surface area contributed by atoms with E-state index in [-0.39, 0.29) is 36.6 Å². The largest absolute Gasteiger partial charge is 0.374 e. The molecule has 3 aromatic carbocycles. The van der Waals surface area contributed by atoms with E-state index in [0.717, 1.165) is 23.1 Å². The van der Waals surface area contributed by atoms with Crippen molar-refractivity contribution in [3.05, 3.63) is 108 Å². The Morgan fingerprint density at radius 3 is 1.74 bits per heavy atom. The van der Waals surface area contributed by atoms with Gasteiger partial charge in [0, 0.05) is 6.42 Å². The SMILES string of the molecule is C[C@H]1C[C@H]2O[C@H](COCc3ccccc3)[C@@H](OCc3ccccc3)[C@H](OCc3ccccc3)[C@H]2O1. The molecule has 5 heteroatoms. The summed E-state index contributed by atoms with van der Waals surface area (Å²) in [5, 5.41) is 0. The minimum absolute atomic E-state index is 0.0346. The first-order valence-electron chi connectivity index (χ1n) is 12.5. The van der Waals surface area contributed by atoms with Crippen LogP contribution in [0.4, 0.5) is 0 Å². The van der Waals surface area contributed by atoms with Crippen molar-refractivity contribution in [3.63, 3.8) is 0 Å². The molecule has 3 aromatic rings. The molecule has 0 saturated carbocycles. The second kappa shape index (κ2) is 11.9. The minimum Gasteiger partial charge on any atom is -0.374 e. The molecule has 5 rings (SSSR count). The van der Waals surface area contributed by atoms with Gasteiger partial charge in [-0.3, -0.25) is 0 Å². The van der Waals surface area contributed by atoms with Crippen molar-refractivity contribution in [2.75, 3.05) is 6.61 Å². The summed E-state index contributed by atoms with van der Waals surface area (Å²) in [4.78, 5) is 0. The molecular formula is C30H34O5. The number of fused-ring (bicyclic) bond motifs is 1. The van der Waals surface area contributed by atoms with Gasteiger partial charge in [0.25, 0.3) is 0 Å². The van der Waals surface area contributed by atoms with E-state index in [1.54, 1.807) is 0 Å². The van der Waals surface area contributed by atoms with Crippen LogP contribution in [0.5, 0.6) is 0 Å². The summed E-state index contributed by atoms with van der Waals surface area (Å²) < 4.78 is 32.0. The van der Waals surface area contributed by atoms with E-state index in [9.17, 15) is 0 Å². The smallest absolute Gasteiger partial charge is 0.115 e. The van der Waals surface area contributed by atoms with Gasteiger partial charge >= 0.3 is 0 Å². The maximum atomic E-state index is 6.55. The van der Waals surface area contributed by atoms with Crippen LogP contribution < -0.4 is 0 Å². The van der Waals surface area contributed by atoms with Gasteiger partial charge < -0.3 is 23.7 Å². The lowest BCUT2D eigenvalue weighted by Crippen LogP contribution is -2.59. The highest BCUT2D eigenvalue weighted by Crippen LogP contribution is 2.36. The third-order valence-corrected chi connectivity index (χ3v) is 6.65. The third kappa shape index (κ3) is 6.37. The average Bonchev–Trinajstić information content (AvgIpc) is 3.28. The van der Waals surface area contributed by atoms with Gasteiger partial charge in [0.05, 0.1) is 38.6 Å². The first-order valence-corrected chi connectivity index (χ1v) is 12.5. The van der Waals surface area contributed by atoms with Crippen LogP contribution in [0.1, 0.15) is 30.0 Å². The van der Waals surface area contributed by atoms with E-state index in [2.05, 4.69) is 43.3 Å². The van der Waals surface area contributed by atoms with Gasteiger partial charge in [-0.1, -0.05) is 91.0 Å². The van der Waals surface area contributed by atoms with Crippen molar-refractivity contribution < 1.29 is 23.7 Å². The molecule has 0 radical (unpaired) electrons. The number of hydrogen-bond acceptors (Lipinski definition) is 5. The van der Waals surface area contributed by atoms with E-state index < -0.39 is 0 Å². The van der Waals surface area contributed by atoms with Crippen molar-refractivity contribution in [2.24, 2.45) is 0 Å². The van der Waals surface area contributed by atoms with Gasteiger partial charge in [-0.15, -0.1) is 0 Å². The molecule has 6 atom stereocenters. The quantitative estimate of drug-likeness (QED) is 0.398. The monoisotopic (exact) mass is 474 g/mol. The molecule has 2 fully saturated rings. The van der Waals surface area contributed by atoms with Crippen molar-refractivity contribution in [2.45, 2.75) is 69.8 Å². The molecule has 0 bridgehead atoms. The third-order valence-electron chi connectivity index (χ3n) is 6.65. The van der Waals surface area contributed by atoms with Gasteiger partial charge in [0.1, 0.15) is 24.4 Å². The van der Waals surface area contributed by atoms with Crippen molar-refractivity contribution in [3.8, 4) is 0 Å². The zero-order valence-electron chi connectivity index (χ0n) is 20.2. The van der Waals surface area contributed by atoms with Crippen LogP contribution in [0.25, 0.3) is 0 Å². The lowest BCUT2D eigenvalue weighted by Gasteiger charge is -2.43. The average molecular weight is 475 g/mol. The lowest BCUT2D eigenvalue weighted by atomic mass is 9.94. The minimum atomic E-state index is -0.318. The molecule has 0 aromatic heterocycles. The van der Waals surface area contributed by atoms with Crippen LogP contribution >= 0.6 is 0 Å². The molecule has 35 heavy (non-hydrogen) atoms. The molecule has 2 aliphatic heterocycles. The van der Waals surface area contributed by atoms with E-state index in [0.29, 0.717) is 26.4 Å². The zero-order valence-corrected chi connectivity index (χ0v) is 20.2. The molecule has 2 saturated heterocycles. The molecular weight excluding hydrogens is 440 g/mol. The summed E-state index contributed by atoms with van der Waals surface area (Å²) in [7, 11) is 0. The Balaban J connectivity index is 1.33. The van der Waals surface area contributed by atoms with Gasteiger partial charge in [-0.2, -0.15) is 0 Å². The van der Waals surface area contributed by atoms with Crippen LogP contribution in [0.15, 0.2) is 91.0 Å². The maximum absolute atomic E-state index is 6.55. The number of benzene rings is 3. The highest BCUT2D eigenvalue weighted by atomic mass is 16.6. The van der Waals surface area contributed by atoms with Crippen LogP contribution in [-0.4, -0.2) is 43.2 Å². The molecule has 0 N–H and O–H groups in total. The van der Waals surface area contributed by atoms with Crippen LogP contribution in [-0.2, 0) is 43.5 Å². The predicted molar refractivity (Wildman–Crippen MR) is 134 cm³/mol. The molecule has 2 heterocycles. The Bertz CT molecular complexity index is 1010. The van der Waals surface area contributed by atoms with Crippen LogP contribution in [0.2, 0.25) is 0 Å². The fraction of sp³-hybridized carbons (Fsp3) is 0.400. The molecule has 184 valence electrons. The van der Waals surface area contributed by atoms with E-state index in [1.165, 1.54) is 0 Å². The number of rotatable bonds is 10. The molecule has 0 aliphatic carbocycles. The van der Waals surface area contributed by atoms with Crippen molar-refractivity contribution >= 4 is 0 Å². The number of ether oxygens (including phenoxy) is 5.